The van der Waals surface area contributed by atoms with E-state index in [4.69, 9.17) is 5.11 Å². The topological polar surface area (TPSA) is 108 Å². The number of carbonyl (C=O) groups is 1. The number of aliphatic hydroxyl groups is 1. The van der Waals surface area contributed by atoms with E-state index in [0.29, 0.717) is 5.92 Å². The van der Waals surface area contributed by atoms with Crippen LogP contribution in [0.1, 0.15) is 31.0 Å². The van der Waals surface area contributed by atoms with Crippen LogP contribution >= 0.6 is 0 Å². The van der Waals surface area contributed by atoms with Crippen molar-refractivity contribution in [1.29, 1.82) is 0 Å². The number of nitrogens with zero attached hydrogens (tertiary/aromatic N) is 7. The van der Waals surface area contributed by atoms with Gasteiger partial charge in [-0.3, -0.25) is 9.78 Å². The number of aliphatic hydroxyl groups excluding tert-OH is 1. The Labute approximate surface area is 808 Å². The van der Waals surface area contributed by atoms with Crippen molar-refractivity contribution in [2.45, 2.75) is 26.7 Å². The third kappa shape index (κ3) is 26.2. The molecule has 12 heteroatoms. The predicted molar refractivity (Wildman–Crippen MR) is 532 cm³/mol. The van der Waals surface area contributed by atoms with E-state index in [1.54, 1.807) is 24.8 Å². The van der Waals surface area contributed by atoms with Crippen molar-refractivity contribution in [2.75, 3.05) is 9.80 Å². The number of hydrogen-bond acceptors (Lipinski definition) is 9. The van der Waals surface area contributed by atoms with E-state index in [1.807, 2.05) is 188 Å². The number of rotatable bonds is 14. The first-order valence-corrected chi connectivity index (χ1v) is 42.5. The van der Waals surface area contributed by atoms with Crippen LogP contribution in [0.4, 0.5) is 34.1 Å². The van der Waals surface area contributed by atoms with Gasteiger partial charge in [-0.2, -0.15) is 0 Å². The Balaban J connectivity index is 0.000000174. The summed E-state index contributed by atoms with van der Waals surface area (Å²) >= 11 is 0. The van der Waals surface area contributed by atoms with E-state index in [9.17, 15) is 4.79 Å². The first-order valence-electron chi connectivity index (χ1n) is 42.5. The van der Waals surface area contributed by atoms with Crippen molar-refractivity contribution < 1.29 is 70.2 Å². The number of carbonyl (C=O) groups excluding carboxylic acids is 1. The van der Waals surface area contributed by atoms with Gasteiger partial charge in [-0.25, -0.2) is 18.6 Å². The minimum atomic E-state index is -0.125. The van der Waals surface area contributed by atoms with Gasteiger partial charge in [0.2, 0.25) is 0 Å². The van der Waals surface area contributed by atoms with Crippen LogP contribution in [-0.4, -0.2) is 35.8 Å². The first kappa shape index (κ1) is 95.3. The summed E-state index contributed by atoms with van der Waals surface area (Å²) in [4.78, 5) is 36.0. The molecule has 0 bridgehead atoms. The van der Waals surface area contributed by atoms with Gasteiger partial charge in [0.25, 0.3) is 0 Å². The summed E-state index contributed by atoms with van der Waals surface area (Å²) in [5.74, 6) is 0.289. The molecule has 1 atom stereocenters. The molecule has 1 N–H and O–H groups in total. The van der Waals surface area contributed by atoms with Gasteiger partial charge in [0.1, 0.15) is 0 Å². The number of para-hydroxylation sites is 4. The van der Waals surface area contributed by atoms with E-state index < -0.39 is 0 Å². The largest absolute Gasteiger partial charge is 3.00 e. The second-order valence-corrected chi connectivity index (χ2v) is 30.0. The number of anilines is 6. The van der Waals surface area contributed by atoms with Gasteiger partial charge >= 0.3 is 20.1 Å². The van der Waals surface area contributed by atoms with Crippen molar-refractivity contribution in [2.24, 2.45) is 0 Å². The quantitative estimate of drug-likeness (QED) is 0.0493. The molecule has 2 radical (unpaired) electrons. The molecule has 21 rings (SSSR count). The Kier molecular flexibility index (Phi) is 36.0. The summed E-state index contributed by atoms with van der Waals surface area (Å²) in [6, 6.07) is 160. The number of hydrogen-bond donors (Lipinski definition) is 1. The molecular formula is C119H92Ir3N7O2-2. The first-order chi connectivity index (χ1) is 63.1. The molecule has 0 spiro atoms. The van der Waals surface area contributed by atoms with Gasteiger partial charge in [0.15, 0.2) is 5.78 Å². The molecule has 1 aliphatic rings. The molecule has 15 aromatic carbocycles. The average Bonchev–Trinajstić information content (AvgIpc) is 0.719. The normalized spacial score (nSPS) is 11.3. The van der Waals surface area contributed by atoms with Crippen molar-refractivity contribution in [3.8, 4) is 67.3 Å². The minimum absolute atomic E-state index is 0. The van der Waals surface area contributed by atoms with Crippen LogP contribution in [-0.2, 0) is 65.1 Å². The standard InChI is InChI=1S/C58H40N2.C12H12N.4C11H8N.C5H8O2.3Ir/c1-5-21-47(22-6-1)59(48-23-7-2-8-24-48)51-33-35-53-55(39-51)57(45-31-29-41-17-13-15-19-43(41)37-45)54-36-34-52(60(49-25-9-3-10-26-49)50-27-11-4-12-28-50)40-56(54)58(53)46-32-30-42-18-14-16-20-44(42)38-46;1-10-7-8-13-12(9-10)11-5-3-2-4-6-11;4*1-2-6-10(7-3-1)11-8-4-5-9-12-11;1-4(6)3-5(2)7;;;/h1-40H;2-9,11H,1H3;4*1-6,8-9H;3,6H,1-2H3;;;/q;5*-1;;;;+3. The second kappa shape index (κ2) is 49.5. The van der Waals surface area contributed by atoms with Gasteiger partial charge in [-0.05, 0) is 242 Å². The molecule has 131 heavy (non-hydrogen) atoms. The summed E-state index contributed by atoms with van der Waals surface area (Å²) in [5.41, 5.74) is 21.9. The van der Waals surface area contributed by atoms with E-state index in [2.05, 4.69) is 339 Å². The van der Waals surface area contributed by atoms with Gasteiger partial charge in [0.05, 0.1) is 5.76 Å². The molecule has 0 saturated carbocycles. The maximum absolute atomic E-state index is 10.0. The number of aromatic nitrogens is 5. The molecule has 5 aromatic heterocycles. The van der Waals surface area contributed by atoms with Crippen LogP contribution in [0, 0.1) is 37.6 Å². The molecule has 644 valence electrons. The summed E-state index contributed by atoms with van der Waals surface area (Å²) in [6.45, 7) is 4.94. The van der Waals surface area contributed by atoms with Crippen LogP contribution in [0.2, 0.25) is 0 Å². The molecule has 1 unspecified atom stereocenters. The fourth-order valence-corrected chi connectivity index (χ4v) is 15.0. The molecule has 9 nitrogen and oxygen atoms in total. The maximum atomic E-state index is 10.0. The Morgan fingerprint density at radius 2 is 0.664 bits per heavy atom. The minimum Gasteiger partial charge on any atom is -0.512 e. The summed E-state index contributed by atoms with van der Waals surface area (Å²) < 4.78 is 0. The van der Waals surface area contributed by atoms with E-state index in [0.717, 1.165) is 84.8 Å². The molecule has 0 amide bonds. The van der Waals surface area contributed by atoms with Crippen molar-refractivity contribution in [3.05, 3.63) is 534 Å². The van der Waals surface area contributed by atoms with Crippen LogP contribution in [0.3, 0.4) is 0 Å². The molecular weight excluding hydrogens is 2140 g/mol. The fraction of sp³-hybridized carbons (Fsp3) is 0.0336. The van der Waals surface area contributed by atoms with Crippen LogP contribution in [0.15, 0.2) is 492 Å². The van der Waals surface area contributed by atoms with Crippen molar-refractivity contribution in [1.82, 2.24) is 24.9 Å². The summed E-state index contributed by atoms with van der Waals surface area (Å²) in [6.07, 6.45) is 20.7. The van der Waals surface area contributed by atoms with Crippen LogP contribution in [0.25, 0.3) is 110 Å². The zero-order chi connectivity index (χ0) is 87.7. The fourth-order valence-electron chi connectivity index (χ4n) is 15.0. The van der Waals surface area contributed by atoms with Gasteiger partial charge in [0, 0.05) is 117 Å². The number of benzene rings is 15. The molecule has 0 aliphatic heterocycles. The molecule has 0 saturated heterocycles. The van der Waals surface area contributed by atoms with Crippen molar-refractivity contribution in [3.63, 3.8) is 0 Å². The Hall–Kier alpha value is -14.8. The summed E-state index contributed by atoms with van der Waals surface area (Å²) in [7, 11) is 0. The maximum Gasteiger partial charge on any atom is 3.00 e. The monoisotopic (exact) mass is 2230 g/mol. The Morgan fingerprint density at radius 3 is 0.954 bits per heavy atom. The van der Waals surface area contributed by atoms with E-state index in [1.165, 1.54) is 90.8 Å². The van der Waals surface area contributed by atoms with Crippen LogP contribution in [0.5, 0.6) is 0 Å². The van der Waals surface area contributed by atoms with Gasteiger partial charge in [-0.15, -0.1) is 156 Å². The van der Waals surface area contributed by atoms with E-state index in [-0.39, 0.29) is 71.9 Å². The molecule has 20 aromatic rings. The average molecular weight is 2230 g/mol. The zero-order valence-electron chi connectivity index (χ0n) is 72.3. The van der Waals surface area contributed by atoms with Crippen molar-refractivity contribution >= 4 is 83.0 Å². The van der Waals surface area contributed by atoms with E-state index >= 15 is 0 Å². The van der Waals surface area contributed by atoms with Gasteiger partial charge in [-0.1, -0.05) is 206 Å². The Morgan fingerprint density at radius 1 is 0.328 bits per heavy atom. The summed E-state index contributed by atoms with van der Waals surface area (Å²) in [5, 5.41) is 18.1. The zero-order valence-corrected chi connectivity index (χ0v) is 79.5. The molecule has 5 heterocycles. The predicted octanol–water partition coefficient (Wildman–Crippen LogP) is 30.6. The third-order valence-electron chi connectivity index (χ3n) is 20.9. The van der Waals surface area contributed by atoms with Gasteiger partial charge < -0.3 is 34.8 Å². The SMILES string of the molecule is CC(=O)C=C(C)O.Cc1ccnc(C2C=CC=C[CH-]2)c1.[Ir+3].[Ir].[Ir].[c-]1ccccc1-c1ccccn1.[c-]1ccccc1-c1ccccn1.[c-]1ccccc1-c1ccccn1.[c-]1ccccc1-c1ccccn1.c1ccc(N(c2ccccc2)c2ccc3c(-c4ccc5ccccc5c4)c4cc(N(c5ccccc5)c5ccccc5)ccc4c(-c4ccc5ccccc5c4)c3c2)cc1. The Bertz CT molecular complexity index is 6250. The number of pyridine rings is 5. The third-order valence-corrected chi connectivity index (χ3v) is 20.9. The number of fused-ring (bicyclic) bond motifs is 4. The number of allylic oxidation sites excluding steroid dienone is 6. The molecule has 0 fully saturated rings. The number of aryl methyl sites for hydroxylation is 1. The smallest absolute Gasteiger partial charge is 0.512 e. The second-order valence-electron chi connectivity index (χ2n) is 30.0. The molecule has 1 aliphatic carbocycles. The van der Waals surface area contributed by atoms with Crippen LogP contribution < -0.4 is 9.80 Å². The number of ketones is 1.